The predicted molar refractivity (Wildman–Crippen MR) is 58.0 cm³/mol. The Kier molecular flexibility index (Phi) is 3.04. The third kappa shape index (κ3) is 2.41. The molecule has 2 N–H and O–H groups in total. The minimum atomic E-state index is -0.407. The average Bonchev–Trinajstić information content (AvgIpc) is 3.00. The number of rotatable bonds is 5. The summed E-state index contributed by atoms with van der Waals surface area (Å²) in [6, 6.07) is 1.56. The molecule has 0 bridgehead atoms. The van der Waals surface area contributed by atoms with E-state index < -0.39 is 5.78 Å². The Morgan fingerprint density at radius 1 is 1.47 bits per heavy atom. The van der Waals surface area contributed by atoms with Gasteiger partial charge in [-0.25, -0.2) is 0 Å². The van der Waals surface area contributed by atoms with E-state index in [-0.39, 0.29) is 18.0 Å². The van der Waals surface area contributed by atoms with Gasteiger partial charge in [-0.05, 0) is 0 Å². The van der Waals surface area contributed by atoms with Gasteiger partial charge in [0.05, 0.1) is 0 Å². The second kappa shape index (κ2) is 4.64. The molecule has 2 aromatic heterocycles. The van der Waals surface area contributed by atoms with Crippen molar-refractivity contribution in [1.82, 2.24) is 19.7 Å². The minimum absolute atomic E-state index is 0.0739. The zero-order valence-electron chi connectivity index (χ0n) is 8.75. The fourth-order valence-corrected chi connectivity index (χ4v) is 1.33. The number of carbonyl (C=O) groups is 2. The third-order valence-electron chi connectivity index (χ3n) is 2.19. The van der Waals surface area contributed by atoms with Crippen molar-refractivity contribution in [1.29, 1.82) is 5.31 Å². The summed E-state index contributed by atoms with van der Waals surface area (Å²) < 4.78 is 1.42. The molecule has 0 saturated carbocycles. The number of ketones is 2. The van der Waals surface area contributed by atoms with Crippen LogP contribution in [0.25, 0.3) is 0 Å². The second-order valence-electron chi connectivity index (χ2n) is 3.33. The van der Waals surface area contributed by atoms with Crippen molar-refractivity contribution in [2.24, 2.45) is 0 Å². The van der Waals surface area contributed by atoms with Gasteiger partial charge in [0, 0.05) is 0 Å². The van der Waals surface area contributed by atoms with Crippen LogP contribution in [0.3, 0.4) is 0 Å². The summed E-state index contributed by atoms with van der Waals surface area (Å²) in [5, 5.41) is 12.9. The van der Waals surface area contributed by atoms with Gasteiger partial charge in [0.1, 0.15) is 0 Å². The van der Waals surface area contributed by atoms with Gasteiger partial charge in [0.2, 0.25) is 0 Å². The van der Waals surface area contributed by atoms with Gasteiger partial charge in [-0.1, -0.05) is 0 Å². The number of H-pyrrole nitrogens is 1. The zero-order valence-corrected chi connectivity index (χ0v) is 8.75. The van der Waals surface area contributed by atoms with E-state index >= 15 is 0 Å². The van der Waals surface area contributed by atoms with Gasteiger partial charge >= 0.3 is 95.9 Å². The monoisotopic (exact) mass is 229 g/mol. The van der Waals surface area contributed by atoms with Crippen LogP contribution in [-0.4, -0.2) is 38.4 Å². The SMILES string of the molecule is N=Bn1ccc(C(=O)CC(=O)c2ncn[nH]2)c1. The van der Waals surface area contributed by atoms with Crippen LogP contribution < -0.4 is 0 Å². The van der Waals surface area contributed by atoms with Crippen LogP contribution in [-0.2, 0) is 0 Å². The Morgan fingerprint density at radius 3 is 2.88 bits per heavy atom. The van der Waals surface area contributed by atoms with Gasteiger partial charge in [-0.2, -0.15) is 0 Å². The van der Waals surface area contributed by atoms with E-state index in [0.717, 1.165) is 7.21 Å². The molecule has 2 aromatic rings. The van der Waals surface area contributed by atoms with E-state index in [0.29, 0.717) is 5.56 Å². The molecule has 7 nitrogen and oxygen atoms in total. The normalized spacial score (nSPS) is 9.88. The molecule has 84 valence electrons. The Labute approximate surface area is 96.6 Å². The molecule has 0 aliphatic heterocycles. The summed E-state index contributed by atoms with van der Waals surface area (Å²) >= 11 is 0. The number of Topliss-reactive ketones (excluding diaryl/α,β-unsaturated/α-hetero) is 2. The number of aromatic amines is 1. The number of hydrogen-bond donors (Lipinski definition) is 2. The molecule has 0 aliphatic rings. The fraction of sp³-hybridized carbons (Fsp3) is 0.111. The predicted octanol–water partition coefficient (Wildman–Crippen LogP) is 0.292. The van der Waals surface area contributed by atoms with Crippen molar-refractivity contribution in [3.63, 3.8) is 0 Å². The van der Waals surface area contributed by atoms with Gasteiger partial charge in [-0.3, -0.25) is 0 Å². The van der Waals surface area contributed by atoms with Crippen LogP contribution in [0.15, 0.2) is 24.8 Å². The summed E-state index contributed by atoms with van der Waals surface area (Å²) in [7, 11) is 1.06. The first-order valence-electron chi connectivity index (χ1n) is 4.80. The Morgan fingerprint density at radius 2 is 2.29 bits per heavy atom. The van der Waals surface area contributed by atoms with Crippen molar-refractivity contribution in [2.75, 3.05) is 0 Å². The fourth-order valence-electron chi connectivity index (χ4n) is 1.33. The van der Waals surface area contributed by atoms with Crippen LogP contribution in [0, 0.1) is 5.31 Å². The molecule has 8 heteroatoms. The summed E-state index contributed by atoms with van der Waals surface area (Å²) in [6.07, 6.45) is 4.00. The van der Waals surface area contributed by atoms with Gasteiger partial charge in [0.25, 0.3) is 0 Å². The molecular weight excluding hydrogens is 221 g/mol. The number of nitrogens with zero attached hydrogens (tertiary/aromatic N) is 3. The summed E-state index contributed by atoms with van der Waals surface area (Å²) in [4.78, 5) is 26.9. The standard InChI is InChI=1S/C9H8BN5O2/c11-10-15-2-1-6(4-15)7(16)3-8(17)9-12-5-13-14-9/h1-2,4-5,11H,3H2,(H,12,13,14). The number of hydrogen-bond acceptors (Lipinski definition) is 5. The number of aromatic nitrogens is 4. The Bertz CT molecular complexity index is 560. The third-order valence-corrected chi connectivity index (χ3v) is 2.19. The van der Waals surface area contributed by atoms with E-state index in [1.165, 1.54) is 17.0 Å². The molecule has 2 heterocycles. The summed E-state index contributed by atoms with van der Waals surface area (Å²) in [6.45, 7) is 0. The molecule has 0 aromatic carbocycles. The Hall–Kier alpha value is -2.38. The van der Waals surface area contributed by atoms with Crippen molar-refractivity contribution < 1.29 is 9.59 Å². The summed E-state index contributed by atoms with van der Waals surface area (Å²) in [5.74, 6) is -0.646. The van der Waals surface area contributed by atoms with Crippen molar-refractivity contribution in [3.05, 3.63) is 36.2 Å². The van der Waals surface area contributed by atoms with E-state index in [1.807, 2.05) is 0 Å². The van der Waals surface area contributed by atoms with Crippen molar-refractivity contribution in [3.8, 4) is 0 Å². The maximum absolute atomic E-state index is 11.7. The molecule has 0 radical (unpaired) electrons. The van der Waals surface area contributed by atoms with Gasteiger partial charge < -0.3 is 0 Å². The Balaban J connectivity index is 2.07. The molecule has 0 aliphatic carbocycles. The van der Waals surface area contributed by atoms with Crippen LogP contribution in [0.4, 0.5) is 0 Å². The molecule has 0 amide bonds. The van der Waals surface area contributed by atoms with E-state index in [9.17, 15) is 9.59 Å². The van der Waals surface area contributed by atoms with E-state index in [1.54, 1.807) is 12.3 Å². The zero-order chi connectivity index (χ0) is 12.3. The van der Waals surface area contributed by atoms with Crippen molar-refractivity contribution in [2.45, 2.75) is 6.42 Å². The first-order chi connectivity index (χ1) is 8.20. The van der Waals surface area contributed by atoms with Gasteiger partial charge in [-0.15, -0.1) is 0 Å². The first kappa shape index (κ1) is 11.1. The molecule has 0 saturated heterocycles. The molecule has 2 rings (SSSR count). The van der Waals surface area contributed by atoms with Crippen LogP contribution in [0.5, 0.6) is 0 Å². The molecular formula is C9H8BN5O2. The molecule has 0 fully saturated rings. The topological polar surface area (TPSA) is 104 Å². The summed E-state index contributed by atoms with van der Waals surface area (Å²) in [5.41, 5.74) is 0.390. The maximum atomic E-state index is 11.7. The van der Waals surface area contributed by atoms with Gasteiger partial charge in [0.15, 0.2) is 0 Å². The number of nitrogens with one attached hydrogen (secondary N) is 2. The molecule has 17 heavy (non-hydrogen) atoms. The van der Waals surface area contributed by atoms with E-state index in [2.05, 4.69) is 15.2 Å². The van der Waals surface area contributed by atoms with Crippen LogP contribution >= 0.6 is 0 Å². The van der Waals surface area contributed by atoms with Crippen molar-refractivity contribution >= 4 is 18.8 Å². The second-order valence-corrected chi connectivity index (χ2v) is 3.33. The molecule has 0 spiro atoms. The number of carbonyl (C=O) groups excluding carboxylic acids is 2. The van der Waals surface area contributed by atoms with E-state index in [4.69, 9.17) is 5.31 Å². The van der Waals surface area contributed by atoms with Crippen LogP contribution in [0.1, 0.15) is 27.4 Å². The molecule has 0 atom stereocenters. The average molecular weight is 229 g/mol. The van der Waals surface area contributed by atoms with Crippen LogP contribution in [0.2, 0.25) is 0 Å². The first-order valence-corrected chi connectivity index (χ1v) is 4.80. The quantitative estimate of drug-likeness (QED) is 0.436. The molecule has 0 unspecified atom stereocenters.